The van der Waals surface area contributed by atoms with Gasteiger partial charge in [0.25, 0.3) is 0 Å². The first-order valence-corrected chi connectivity index (χ1v) is 8.84. The molecule has 2 nitrogen and oxygen atoms in total. The van der Waals surface area contributed by atoms with Gasteiger partial charge in [-0.1, -0.05) is 54.6 Å². The molecule has 0 aromatic heterocycles. The van der Waals surface area contributed by atoms with Gasteiger partial charge < -0.3 is 0 Å². The van der Waals surface area contributed by atoms with E-state index in [2.05, 4.69) is 42.3 Å². The Balaban J connectivity index is 1.75. The van der Waals surface area contributed by atoms with E-state index in [0.717, 1.165) is 16.2 Å². The molecule has 0 unspecified atom stereocenters. The van der Waals surface area contributed by atoms with Crippen LogP contribution in [-0.2, 0) is 4.79 Å². The van der Waals surface area contributed by atoms with Crippen molar-refractivity contribution in [1.82, 2.24) is 0 Å². The van der Waals surface area contributed by atoms with Crippen molar-refractivity contribution in [2.45, 2.75) is 25.7 Å². The lowest BCUT2D eigenvalue weighted by molar-refractivity contribution is -0.118. The minimum atomic E-state index is 0.0111. The standard InChI is InChI=1S/C24H18O2/c1-2-3-7-19(25)12-15-22(26)20-13-10-18-9-8-16-5-4-6-17-11-14-21(20)24(18)23(16)17/h1,4-6,8-11,13-14H,3,7,12,15H2. The van der Waals surface area contributed by atoms with Crippen LogP contribution in [0.25, 0.3) is 32.3 Å². The zero-order valence-electron chi connectivity index (χ0n) is 14.4. The van der Waals surface area contributed by atoms with Crippen LogP contribution in [0.1, 0.15) is 36.0 Å². The molecule has 0 atom stereocenters. The summed E-state index contributed by atoms with van der Waals surface area (Å²) in [6.45, 7) is 0. The van der Waals surface area contributed by atoms with E-state index in [1.54, 1.807) is 0 Å². The molecule has 0 radical (unpaired) electrons. The first-order chi connectivity index (χ1) is 12.7. The van der Waals surface area contributed by atoms with Gasteiger partial charge in [-0.3, -0.25) is 9.59 Å². The second-order valence-corrected chi connectivity index (χ2v) is 6.64. The Morgan fingerprint density at radius 2 is 1.42 bits per heavy atom. The molecule has 0 fully saturated rings. The Morgan fingerprint density at radius 1 is 0.769 bits per heavy atom. The average Bonchev–Trinajstić information content (AvgIpc) is 2.68. The van der Waals surface area contributed by atoms with Gasteiger partial charge in [0.15, 0.2) is 5.78 Å². The van der Waals surface area contributed by atoms with E-state index < -0.39 is 0 Å². The van der Waals surface area contributed by atoms with Crippen LogP contribution in [0.5, 0.6) is 0 Å². The van der Waals surface area contributed by atoms with E-state index in [1.165, 1.54) is 16.2 Å². The molecular formula is C24H18O2. The number of hydrogen-bond donors (Lipinski definition) is 0. The Labute approximate surface area is 152 Å². The molecule has 0 amide bonds. The maximum atomic E-state index is 12.8. The van der Waals surface area contributed by atoms with Crippen LogP contribution < -0.4 is 0 Å². The van der Waals surface area contributed by atoms with Crippen molar-refractivity contribution in [3.05, 3.63) is 60.2 Å². The fraction of sp³-hybridized carbons (Fsp3) is 0.167. The molecule has 4 rings (SSSR count). The van der Waals surface area contributed by atoms with Gasteiger partial charge in [-0.15, -0.1) is 12.3 Å². The summed E-state index contributed by atoms with van der Waals surface area (Å²) in [6.07, 6.45) is 6.46. The number of terminal acetylenes is 1. The molecule has 4 aromatic rings. The quantitative estimate of drug-likeness (QED) is 0.263. The third-order valence-electron chi connectivity index (χ3n) is 5.01. The van der Waals surface area contributed by atoms with Crippen LogP contribution in [0.4, 0.5) is 0 Å². The lowest BCUT2D eigenvalue weighted by atomic mass is 9.90. The highest BCUT2D eigenvalue weighted by molar-refractivity contribution is 6.26. The Bertz CT molecular complexity index is 1160. The van der Waals surface area contributed by atoms with E-state index in [0.29, 0.717) is 18.4 Å². The molecule has 0 aliphatic heterocycles. The van der Waals surface area contributed by atoms with Crippen molar-refractivity contribution in [2.24, 2.45) is 0 Å². The number of Topliss-reactive ketones (excluding diaryl/α,β-unsaturated/α-hetero) is 2. The molecule has 0 saturated heterocycles. The molecule has 0 heterocycles. The maximum Gasteiger partial charge on any atom is 0.163 e. The first kappa shape index (κ1) is 16.3. The van der Waals surface area contributed by atoms with E-state index in [4.69, 9.17) is 6.42 Å². The Hall–Kier alpha value is -3.18. The first-order valence-electron chi connectivity index (χ1n) is 8.84. The SMILES string of the molecule is C#CCCC(=O)CCC(=O)c1ccc2ccc3cccc4ccc1c2c34. The smallest absolute Gasteiger partial charge is 0.163 e. The highest BCUT2D eigenvalue weighted by Gasteiger charge is 2.15. The summed E-state index contributed by atoms with van der Waals surface area (Å²) in [5, 5.41) is 6.77. The van der Waals surface area contributed by atoms with Gasteiger partial charge in [0, 0.05) is 31.2 Å². The molecule has 0 aliphatic rings. The second kappa shape index (κ2) is 6.61. The van der Waals surface area contributed by atoms with E-state index in [-0.39, 0.29) is 24.4 Å². The lowest BCUT2D eigenvalue weighted by Gasteiger charge is -2.13. The minimum absolute atomic E-state index is 0.0111. The number of carbonyl (C=O) groups excluding carboxylic acids is 2. The van der Waals surface area contributed by atoms with Crippen LogP contribution in [0, 0.1) is 12.3 Å². The number of carbonyl (C=O) groups is 2. The zero-order chi connectivity index (χ0) is 18.1. The molecule has 126 valence electrons. The van der Waals surface area contributed by atoms with Crippen LogP contribution in [-0.4, -0.2) is 11.6 Å². The average molecular weight is 338 g/mol. The molecule has 26 heavy (non-hydrogen) atoms. The number of ketones is 2. The van der Waals surface area contributed by atoms with E-state index in [9.17, 15) is 9.59 Å². The third kappa shape index (κ3) is 2.72. The van der Waals surface area contributed by atoms with Crippen molar-refractivity contribution < 1.29 is 9.59 Å². The zero-order valence-corrected chi connectivity index (χ0v) is 14.4. The predicted molar refractivity (Wildman–Crippen MR) is 107 cm³/mol. The summed E-state index contributed by atoms with van der Waals surface area (Å²) in [5.74, 6) is 2.53. The van der Waals surface area contributed by atoms with Crippen molar-refractivity contribution in [1.29, 1.82) is 0 Å². The van der Waals surface area contributed by atoms with Gasteiger partial charge in [-0.2, -0.15) is 0 Å². The molecule has 0 bridgehead atoms. The molecule has 0 aliphatic carbocycles. The largest absolute Gasteiger partial charge is 0.300 e. The highest BCUT2D eigenvalue weighted by Crippen LogP contribution is 2.36. The van der Waals surface area contributed by atoms with Crippen molar-refractivity contribution >= 4 is 43.9 Å². The minimum Gasteiger partial charge on any atom is -0.300 e. The van der Waals surface area contributed by atoms with Crippen LogP contribution >= 0.6 is 0 Å². The molecule has 4 aromatic carbocycles. The van der Waals surface area contributed by atoms with Crippen LogP contribution in [0.15, 0.2) is 54.6 Å². The molecule has 2 heteroatoms. The summed E-state index contributed by atoms with van der Waals surface area (Å²) < 4.78 is 0. The summed E-state index contributed by atoms with van der Waals surface area (Å²) in [7, 11) is 0. The van der Waals surface area contributed by atoms with Crippen molar-refractivity contribution in [3.63, 3.8) is 0 Å². The predicted octanol–water partition coefficient (Wildman–Crippen LogP) is 5.53. The van der Waals surface area contributed by atoms with Crippen LogP contribution in [0.2, 0.25) is 0 Å². The van der Waals surface area contributed by atoms with E-state index in [1.807, 2.05) is 18.2 Å². The molecule has 0 saturated carbocycles. The van der Waals surface area contributed by atoms with Gasteiger partial charge in [0.2, 0.25) is 0 Å². The van der Waals surface area contributed by atoms with Gasteiger partial charge in [0.1, 0.15) is 5.78 Å². The van der Waals surface area contributed by atoms with Gasteiger partial charge in [-0.25, -0.2) is 0 Å². The molecule has 0 spiro atoms. The van der Waals surface area contributed by atoms with Crippen molar-refractivity contribution in [3.8, 4) is 12.3 Å². The summed E-state index contributed by atoms with van der Waals surface area (Å²) >= 11 is 0. The lowest BCUT2D eigenvalue weighted by Crippen LogP contribution is -2.05. The topological polar surface area (TPSA) is 34.1 Å². The maximum absolute atomic E-state index is 12.8. The van der Waals surface area contributed by atoms with Crippen LogP contribution in [0.3, 0.4) is 0 Å². The Morgan fingerprint density at radius 3 is 2.15 bits per heavy atom. The summed E-state index contributed by atoms with van der Waals surface area (Å²) in [6, 6.07) is 18.4. The monoisotopic (exact) mass is 338 g/mol. The third-order valence-corrected chi connectivity index (χ3v) is 5.01. The summed E-state index contributed by atoms with van der Waals surface area (Å²) in [5.41, 5.74) is 0.695. The molecule has 0 N–H and O–H groups in total. The number of rotatable bonds is 6. The van der Waals surface area contributed by atoms with Gasteiger partial charge in [-0.05, 0) is 32.3 Å². The number of hydrogen-bond acceptors (Lipinski definition) is 2. The molecular weight excluding hydrogens is 320 g/mol. The van der Waals surface area contributed by atoms with Crippen molar-refractivity contribution in [2.75, 3.05) is 0 Å². The Kier molecular flexibility index (Phi) is 4.14. The normalized spacial score (nSPS) is 11.2. The van der Waals surface area contributed by atoms with E-state index >= 15 is 0 Å². The highest BCUT2D eigenvalue weighted by atomic mass is 16.1. The fourth-order valence-corrected chi connectivity index (χ4v) is 3.70. The van der Waals surface area contributed by atoms with Gasteiger partial charge in [0.05, 0.1) is 0 Å². The second-order valence-electron chi connectivity index (χ2n) is 6.64. The summed E-state index contributed by atoms with van der Waals surface area (Å²) in [4.78, 5) is 24.6. The fourth-order valence-electron chi connectivity index (χ4n) is 3.70. The van der Waals surface area contributed by atoms with Gasteiger partial charge >= 0.3 is 0 Å². The number of benzene rings is 4.